The van der Waals surface area contributed by atoms with Crippen LogP contribution < -0.4 is 0 Å². The van der Waals surface area contributed by atoms with Gasteiger partial charge in [0.2, 0.25) is 0 Å². The Morgan fingerprint density at radius 3 is 2.93 bits per heavy atom. The molecule has 1 N–H and O–H groups in total. The highest BCUT2D eigenvalue weighted by Gasteiger charge is 2.46. The lowest BCUT2D eigenvalue weighted by Crippen LogP contribution is -2.04. The molecule has 0 saturated heterocycles. The number of aliphatic carboxylic acids is 1. The van der Waals surface area contributed by atoms with Crippen LogP contribution in [0.2, 0.25) is 0 Å². The van der Waals surface area contributed by atoms with Crippen molar-refractivity contribution >= 4 is 5.97 Å². The third-order valence-electron chi connectivity index (χ3n) is 2.93. The van der Waals surface area contributed by atoms with Crippen molar-refractivity contribution in [3.8, 4) is 0 Å². The summed E-state index contributed by atoms with van der Waals surface area (Å²) in [7, 11) is 0. The minimum atomic E-state index is -0.647. The van der Waals surface area contributed by atoms with E-state index in [1.54, 1.807) is 0 Å². The van der Waals surface area contributed by atoms with E-state index in [1.165, 1.54) is 5.57 Å². The third kappa shape index (κ3) is 1.79. The fraction of sp³-hybridized carbons (Fsp3) is 0.417. The van der Waals surface area contributed by atoms with Gasteiger partial charge < -0.3 is 5.11 Å². The third-order valence-corrected chi connectivity index (χ3v) is 2.93. The molecule has 2 aliphatic rings. The molecule has 2 nitrogen and oxygen atoms in total. The minimum absolute atomic E-state index is 0.118. The standard InChI is InChI=1S/C12H14O2/c1-8-3-2-4-9(6-5-8)10-7-11(10)12(13)14/h2-6,9-11H,7H2,1H3,(H,13,14). The van der Waals surface area contributed by atoms with E-state index >= 15 is 0 Å². The molecule has 0 bridgehead atoms. The van der Waals surface area contributed by atoms with E-state index in [0.29, 0.717) is 11.8 Å². The molecule has 2 aliphatic carbocycles. The number of allylic oxidation sites excluding steroid dienone is 6. The van der Waals surface area contributed by atoms with Crippen molar-refractivity contribution in [3.05, 3.63) is 36.0 Å². The van der Waals surface area contributed by atoms with Gasteiger partial charge in [-0.1, -0.05) is 36.0 Å². The summed E-state index contributed by atoms with van der Waals surface area (Å²) in [6.45, 7) is 2.05. The first-order chi connectivity index (χ1) is 6.68. The van der Waals surface area contributed by atoms with E-state index in [2.05, 4.69) is 24.3 Å². The van der Waals surface area contributed by atoms with Gasteiger partial charge in [-0.2, -0.15) is 0 Å². The van der Waals surface area contributed by atoms with Crippen LogP contribution in [0, 0.1) is 17.8 Å². The van der Waals surface area contributed by atoms with Crippen LogP contribution >= 0.6 is 0 Å². The molecule has 3 atom stereocenters. The van der Waals surface area contributed by atoms with Gasteiger partial charge in [0.25, 0.3) is 0 Å². The predicted octanol–water partition coefficient (Wildman–Crippen LogP) is 2.40. The van der Waals surface area contributed by atoms with Gasteiger partial charge in [-0.05, 0) is 25.2 Å². The van der Waals surface area contributed by atoms with Crippen molar-refractivity contribution < 1.29 is 9.90 Å². The second-order valence-electron chi connectivity index (χ2n) is 4.08. The van der Waals surface area contributed by atoms with Crippen molar-refractivity contribution in [2.75, 3.05) is 0 Å². The molecular formula is C12H14O2. The lowest BCUT2D eigenvalue weighted by atomic mass is 10.0. The van der Waals surface area contributed by atoms with E-state index in [1.807, 2.05) is 13.0 Å². The quantitative estimate of drug-likeness (QED) is 0.726. The highest BCUT2D eigenvalue weighted by molar-refractivity contribution is 5.73. The SMILES string of the molecule is CC1=CC=CC(C2CC2C(=O)O)C=C1. The maximum absolute atomic E-state index is 10.7. The molecule has 14 heavy (non-hydrogen) atoms. The van der Waals surface area contributed by atoms with Crippen molar-refractivity contribution in [1.82, 2.24) is 0 Å². The highest BCUT2D eigenvalue weighted by Crippen LogP contribution is 2.46. The zero-order valence-corrected chi connectivity index (χ0v) is 8.18. The lowest BCUT2D eigenvalue weighted by molar-refractivity contribution is -0.138. The maximum atomic E-state index is 10.7. The molecule has 74 valence electrons. The molecule has 0 aromatic heterocycles. The minimum Gasteiger partial charge on any atom is -0.481 e. The number of hydrogen-bond acceptors (Lipinski definition) is 1. The van der Waals surface area contributed by atoms with Gasteiger partial charge in [0.05, 0.1) is 5.92 Å². The van der Waals surface area contributed by atoms with Crippen LogP contribution in [0.4, 0.5) is 0 Å². The molecule has 0 heterocycles. The first-order valence-corrected chi connectivity index (χ1v) is 4.94. The highest BCUT2D eigenvalue weighted by atomic mass is 16.4. The number of carboxylic acid groups (broad SMARTS) is 1. The van der Waals surface area contributed by atoms with Crippen LogP contribution in [-0.4, -0.2) is 11.1 Å². The zero-order valence-electron chi connectivity index (χ0n) is 8.18. The fourth-order valence-electron chi connectivity index (χ4n) is 1.93. The first kappa shape index (κ1) is 9.25. The molecule has 0 aliphatic heterocycles. The number of hydrogen-bond donors (Lipinski definition) is 1. The van der Waals surface area contributed by atoms with Crippen molar-refractivity contribution in [2.24, 2.45) is 17.8 Å². The van der Waals surface area contributed by atoms with Gasteiger partial charge in [-0.15, -0.1) is 0 Å². The van der Waals surface area contributed by atoms with Crippen molar-refractivity contribution in [1.29, 1.82) is 0 Å². The van der Waals surface area contributed by atoms with Crippen LogP contribution in [0.3, 0.4) is 0 Å². The Balaban J connectivity index is 2.02. The average Bonchev–Trinajstić information content (AvgIpc) is 2.87. The summed E-state index contributed by atoms with van der Waals surface area (Å²) in [6.07, 6.45) is 11.2. The Kier molecular flexibility index (Phi) is 2.28. The number of carbonyl (C=O) groups is 1. The van der Waals surface area contributed by atoms with Crippen LogP contribution in [0.25, 0.3) is 0 Å². The molecule has 0 aromatic carbocycles. The Hall–Kier alpha value is -1.31. The summed E-state index contributed by atoms with van der Waals surface area (Å²) in [4.78, 5) is 10.7. The van der Waals surface area contributed by atoms with Gasteiger partial charge in [0, 0.05) is 0 Å². The van der Waals surface area contributed by atoms with Gasteiger partial charge in [0.15, 0.2) is 0 Å². The molecule has 3 unspecified atom stereocenters. The summed E-state index contributed by atoms with van der Waals surface area (Å²) in [5, 5.41) is 8.82. The molecule has 2 rings (SSSR count). The monoisotopic (exact) mass is 190 g/mol. The van der Waals surface area contributed by atoms with E-state index in [4.69, 9.17) is 5.11 Å². The van der Waals surface area contributed by atoms with E-state index < -0.39 is 5.97 Å². The Morgan fingerprint density at radius 1 is 1.50 bits per heavy atom. The Morgan fingerprint density at radius 2 is 2.29 bits per heavy atom. The van der Waals surface area contributed by atoms with E-state index in [-0.39, 0.29) is 5.92 Å². The molecule has 0 aromatic rings. The van der Waals surface area contributed by atoms with Crippen LogP contribution in [0.5, 0.6) is 0 Å². The normalized spacial score (nSPS) is 34.9. The number of carboxylic acids is 1. The maximum Gasteiger partial charge on any atom is 0.306 e. The first-order valence-electron chi connectivity index (χ1n) is 4.94. The predicted molar refractivity (Wildman–Crippen MR) is 54.8 cm³/mol. The fourth-order valence-corrected chi connectivity index (χ4v) is 1.93. The van der Waals surface area contributed by atoms with Crippen molar-refractivity contribution in [2.45, 2.75) is 13.3 Å². The molecule has 2 heteroatoms. The molecule has 1 saturated carbocycles. The summed E-state index contributed by atoms with van der Waals surface area (Å²) < 4.78 is 0. The summed E-state index contributed by atoms with van der Waals surface area (Å²) in [6, 6.07) is 0. The second-order valence-corrected chi connectivity index (χ2v) is 4.08. The van der Waals surface area contributed by atoms with Gasteiger partial charge >= 0.3 is 5.97 Å². The summed E-state index contributed by atoms with van der Waals surface area (Å²) >= 11 is 0. The largest absolute Gasteiger partial charge is 0.481 e. The molecule has 0 amide bonds. The van der Waals surface area contributed by atoms with E-state index in [0.717, 1.165) is 6.42 Å². The smallest absolute Gasteiger partial charge is 0.306 e. The van der Waals surface area contributed by atoms with E-state index in [9.17, 15) is 4.79 Å². The average molecular weight is 190 g/mol. The number of rotatable bonds is 2. The second kappa shape index (κ2) is 3.45. The summed E-state index contributed by atoms with van der Waals surface area (Å²) in [5.41, 5.74) is 1.22. The van der Waals surface area contributed by atoms with Crippen molar-refractivity contribution in [3.63, 3.8) is 0 Å². The molecule has 0 spiro atoms. The lowest BCUT2D eigenvalue weighted by Gasteiger charge is -2.03. The van der Waals surface area contributed by atoms with Gasteiger partial charge in [-0.25, -0.2) is 0 Å². The van der Waals surface area contributed by atoms with Crippen LogP contribution in [0.1, 0.15) is 13.3 Å². The Bertz CT molecular complexity index is 336. The molecular weight excluding hydrogens is 176 g/mol. The topological polar surface area (TPSA) is 37.3 Å². The van der Waals surface area contributed by atoms with Crippen LogP contribution in [-0.2, 0) is 4.79 Å². The molecule has 0 radical (unpaired) electrons. The van der Waals surface area contributed by atoms with Gasteiger partial charge in [0.1, 0.15) is 0 Å². The zero-order chi connectivity index (χ0) is 10.1. The van der Waals surface area contributed by atoms with Gasteiger partial charge in [-0.3, -0.25) is 4.79 Å². The van der Waals surface area contributed by atoms with Crippen LogP contribution in [0.15, 0.2) is 36.0 Å². The molecule has 1 fully saturated rings. The summed E-state index contributed by atoms with van der Waals surface area (Å²) in [5.74, 6) is -0.137. The Labute approximate surface area is 83.6 Å².